The van der Waals surface area contributed by atoms with Gasteiger partial charge < -0.3 is 18.9 Å². The number of hydrogen-bond acceptors (Lipinski definition) is 6. The number of ether oxygens (including phenoxy) is 2. The van der Waals surface area contributed by atoms with E-state index in [4.69, 9.17) is 18.5 Å². The first kappa shape index (κ1) is 60.9. The molecule has 9 heteroatoms. The van der Waals surface area contributed by atoms with Crippen molar-refractivity contribution in [2.45, 2.75) is 213 Å². The Bertz CT molecular complexity index is 1230. The Labute approximate surface area is 389 Å². The molecule has 0 aliphatic heterocycles. The molecular weight excluding hydrogens is 806 g/mol. The van der Waals surface area contributed by atoms with Gasteiger partial charge in [0.2, 0.25) is 0 Å². The molecule has 0 aliphatic rings. The Balaban J connectivity index is 4.13. The lowest BCUT2D eigenvalue weighted by Crippen LogP contribution is -2.37. The molecule has 366 valence electrons. The van der Waals surface area contributed by atoms with Gasteiger partial charge >= 0.3 is 13.8 Å². The zero-order valence-electron chi connectivity index (χ0n) is 41.5. The van der Waals surface area contributed by atoms with E-state index in [2.05, 4.69) is 86.8 Å². The van der Waals surface area contributed by atoms with Crippen LogP contribution in [0, 0.1) is 0 Å². The lowest BCUT2D eigenvalue weighted by Gasteiger charge is -2.24. The lowest BCUT2D eigenvalue weighted by molar-refractivity contribution is -0.870. The Kier molecular flexibility index (Phi) is 44.9. The molecule has 0 aromatic carbocycles. The second-order valence-electron chi connectivity index (χ2n) is 18.2. The van der Waals surface area contributed by atoms with E-state index >= 15 is 0 Å². The van der Waals surface area contributed by atoms with Gasteiger partial charge in [-0.05, 0) is 83.5 Å². The fourth-order valence-corrected chi connectivity index (χ4v) is 7.55. The molecule has 0 radical (unpaired) electrons. The van der Waals surface area contributed by atoms with E-state index in [1.54, 1.807) is 0 Å². The average Bonchev–Trinajstić information content (AvgIpc) is 3.24. The molecule has 1 N–H and O–H groups in total. The van der Waals surface area contributed by atoms with E-state index in [9.17, 15) is 14.3 Å². The van der Waals surface area contributed by atoms with E-state index < -0.39 is 13.9 Å². The number of phosphoric ester groups is 1. The monoisotopic (exact) mass is 905 g/mol. The minimum Gasteiger partial charge on any atom is -0.457 e. The summed E-state index contributed by atoms with van der Waals surface area (Å²) in [4.78, 5) is 23.0. The standard InChI is InChI=1S/C54H98NO7P/c1-6-8-10-12-14-16-18-20-22-24-25-26-27-28-29-30-31-32-33-35-37-39-41-43-45-47-54(56)62-53(52-61-63(57,58)60-50-48-55(3,4)5)51-59-49-46-44-42-40-38-36-34-23-21-19-17-15-13-11-9-7-2/h8,10,14-17,20-23,25-26,53H,6-7,9,11-13,18-19,24,27-52H2,1-5H3/p+1/b10-8-,16-14-,17-15-,22-20-,23-21-,26-25-. The van der Waals surface area contributed by atoms with Crippen LogP contribution in [0.5, 0.6) is 0 Å². The lowest BCUT2D eigenvalue weighted by atomic mass is 10.0. The van der Waals surface area contributed by atoms with Crippen LogP contribution in [0.2, 0.25) is 0 Å². The van der Waals surface area contributed by atoms with E-state index in [1.165, 1.54) is 116 Å². The van der Waals surface area contributed by atoms with Gasteiger partial charge in [-0.25, -0.2) is 4.57 Å². The summed E-state index contributed by atoms with van der Waals surface area (Å²) in [5.74, 6) is -0.321. The van der Waals surface area contributed by atoms with Crippen LogP contribution < -0.4 is 0 Å². The zero-order chi connectivity index (χ0) is 46.2. The molecule has 8 nitrogen and oxygen atoms in total. The Morgan fingerprint density at radius 3 is 1.38 bits per heavy atom. The summed E-state index contributed by atoms with van der Waals surface area (Å²) in [5, 5.41) is 0. The Hall–Kier alpha value is -2.06. The van der Waals surface area contributed by atoms with Crippen molar-refractivity contribution in [3.63, 3.8) is 0 Å². The molecule has 2 unspecified atom stereocenters. The van der Waals surface area contributed by atoms with Gasteiger partial charge in [-0.2, -0.15) is 0 Å². The third kappa shape index (κ3) is 50.8. The van der Waals surface area contributed by atoms with Crippen LogP contribution in [-0.2, 0) is 27.9 Å². The van der Waals surface area contributed by atoms with Gasteiger partial charge in [-0.3, -0.25) is 13.8 Å². The van der Waals surface area contributed by atoms with Crippen LogP contribution in [0.15, 0.2) is 72.9 Å². The third-order valence-corrected chi connectivity index (χ3v) is 11.7. The molecule has 0 aromatic rings. The van der Waals surface area contributed by atoms with Gasteiger partial charge in [0.15, 0.2) is 0 Å². The first-order valence-electron chi connectivity index (χ1n) is 25.7. The molecule has 0 rings (SSSR count). The molecule has 0 saturated carbocycles. The second-order valence-corrected chi connectivity index (χ2v) is 19.6. The molecular formula is C54H99NO7P+. The highest BCUT2D eigenvalue weighted by Crippen LogP contribution is 2.43. The first-order valence-corrected chi connectivity index (χ1v) is 27.2. The number of esters is 1. The third-order valence-electron chi connectivity index (χ3n) is 10.8. The minimum absolute atomic E-state index is 0.0833. The summed E-state index contributed by atoms with van der Waals surface area (Å²) in [6.07, 6.45) is 60.9. The van der Waals surface area contributed by atoms with Gasteiger partial charge in [-0.15, -0.1) is 0 Å². The van der Waals surface area contributed by atoms with Crippen molar-refractivity contribution in [1.82, 2.24) is 0 Å². The number of carbonyl (C=O) groups is 1. The number of rotatable bonds is 47. The normalized spacial score (nSPS) is 14.2. The largest absolute Gasteiger partial charge is 0.472 e. The van der Waals surface area contributed by atoms with Crippen LogP contribution >= 0.6 is 7.82 Å². The van der Waals surface area contributed by atoms with Crippen LogP contribution in [-0.4, -0.2) is 75.6 Å². The van der Waals surface area contributed by atoms with E-state index in [0.29, 0.717) is 24.1 Å². The average molecular weight is 905 g/mol. The maximum atomic E-state index is 12.8. The van der Waals surface area contributed by atoms with Crippen LogP contribution in [0.25, 0.3) is 0 Å². The first-order chi connectivity index (χ1) is 30.6. The van der Waals surface area contributed by atoms with Gasteiger partial charge in [0, 0.05) is 13.0 Å². The molecule has 0 saturated heterocycles. The number of hydrogen-bond donors (Lipinski definition) is 1. The molecule has 63 heavy (non-hydrogen) atoms. The van der Waals surface area contributed by atoms with E-state index in [0.717, 1.165) is 70.6 Å². The summed E-state index contributed by atoms with van der Waals surface area (Å²) < 4.78 is 35.1. The quantitative estimate of drug-likeness (QED) is 0.0214. The summed E-state index contributed by atoms with van der Waals surface area (Å²) in [7, 11) is 1.65. The van der Waals surface area contributed by atoms with Crippen LogP contribution in [0.1, 0.15) is 206 Å². The minimum atomic E-state index is -4.29. The van der Waals surface area contributed by atoms with Crippen molar-refractivity contribution in [2.24, 2.45) is 0 Å². The number of quaternary nitrogens is 1. The van der Waals surface area contributed by atoms with Crippen LogP contribution in [0.4, 0.5) is 0 Å². The molecule has 0 fully saturated rings. The summed E-state index contributed by atoms with van der Waals surface area (Å²) >= 11 is 0. The second kappa shape index (κ2) is 46.5. The highest BCUT2D eigenvalue weighted by Gasteiger charge is 2.26. The molecule has 0 amide bonds. The number of carbonyl (C=O) groups excluding carboxylic acids is 1. The number of nitrogens with zero attached hydrogens (tertiary/aromatic N) is 1. The summed E-state index contributed by atoms with van der Waals surface area (Å²) in [6.45, 7) is 5.46. The number of likely N-dealkylation sites (N-methyl/N-ethyl adjacent to an activating group) is 1. The topological polar surface area (TPSA) is 91.3 Å². The van der Waals surface area contributed by atoms with Gasteiger partial charge in [0.05, 0.1) is 34.4 Å². The number of phosphoric acid groups is 1. The van der Waals surface area contributed by atoms with E-state index in [1.807, 2.05) is 21.1 Å². The predicted molar refractivity (Wildman–Crippen MR) is 270 cm³/mol. The fourth-order valence-electron chi connectivity index (χ4n) is 6.81. The van der Waals surface area contributed by atoms with Gasteiger partial charge in [-0.1, -0.05) is 189 Å². The molecule has 0 bridgehead atoms. The number of unbranched alkanes of at least 4 members (excludes halogenated alkanes) is 21. The highest BCUT2D eigenvalue weighted by atomic mass is 31.2. The SMILES string of the molecule is CC/C=C\C/C=C\C/C=C\C/C=C\CCCCCCCCCCCCCCC(=O)OC(COCCCCCCCC/C=C\C/C=C\CCCCC)COP(=O)(O)OCC[N+](C)(C)C. The molecule has 2 atom stereocenters. The zero-order valence-corrected chi connectivity index (χ0v) is 42.4. The van der Waals surface area contributed by atoms with Gasteiger partial charge in [0.1, 0.15) is 19.3 Å². The van der Waals surface area contributed by atoms with Crippen molar-refractivity contribution >= 4 is 13.8 Å². The fraction of sp³-hybridized carbons (Fsp3) is 0.759. The van der Waals surface area contributed by atoms with Crippen molar-refractivity contribution in [3.8, 4) is 0 Å². The Morgan fingerprint density at radius 2 is 0.921 bits per heavy atom. The predicted octanol–water partition coefficient (Wildman–Crippen LogP) is 15.8. The number of allylic oxidation sites excluding steroid dienone is 12. The molecule has 0 aliphatic carbocycles. The molecule has 0 aromatic heterocycles. The van der Waals surface area contributed by atoms with E-state index in [-0.39, 0.29) is 25.8 Å². The van der Waals surface area contributed by atoms with Crippen LogP contribution in [0.3, 0.4) is 0 Å². The van der Waals surface area contributed by atoms with Crippen molar-refractivity contribution in [3.05, 3.63) is 72.9 Å². The summed E-state index contributed by atoms with van der Waals surface area (Å²) in [6, 6.07) is 0. The van der Waals surface area contributed by atoms with Gasteiger partial charge in [0.25, 0.3) is 0 Å². The smallest absolute Gasteiger partial charge is 0.457 e. The maximum absolute atomic E-state index is 12.8. The molecule has 0 spiro atoms. The van der Waals surface area contributed by atoms with Crippen molar-refractivity contribution in [2.75, 3.05) is 54.1 Å². The van der Waals surface area contributed by atoms with Crippen molar-refractivity contribution < 1.29 is 37.3 Å². The highest BCUT2D eigenvalue weighted by molar-refractivity contribution is 7.47. The Morgan fingerprint density at radius 1 is 0.508 bits per heavy atom. The summed E-state index contributed by atoms with van der Waals surface area (Å²) in [5.41, 5.74) is 0. The molecule has 0 heterocycles. The maximum Gasteiger partial charge on any atom is 0.472 e. The van der Waals surface area contributed by atoms with Crippen molar-refractivity contribution in [1.29, 1.82) is 0 Å².